The van der Waals surface area contributed by atoms with E-state index in [0.29, 0.717) is 6.04 Å². The van der Waals surface area contributed by atoms with Gasteiger partial charge in [-0.15, -0.1) is 0 Å². The third kappa shape index (κ3) is 5.79. The normalized spacial score (nSPS) is 16.6. The monoisotopic (exact) mass is 396 g/mol. The number of guanidine groups is 1. The zero-order valence-corrected chi connectivity index (χ0v) is 17.9. The number of hydrogen-bond donors (Lipinski definition) is 2. The van der Waals surface area contributed by atoms with Crippen molar-refractivity contribution in [3.05, 3.63) is 53.6 Å². The fraction of sp³-hybridized carbons (Fsp3) is 0.435. The van der Waals surface area contributed by atoms with E-state index >= 15 is 0 Å². The number of hydrogen-bond acceptors (Lipinski definition) is 4. The summed E-state index contributed by atoms with van der Waals surface area (Å²) in [6.07, 6.45) is 2.03. The van der Waals surface area contributed by atoms with Crippen molar-refractivity contribution in [3.63, 3.8) is 0 Å². The van der Waals surface area contributed by atoms with Crippen LogP contribution in [0, 0.1) is 6.92 Å². The molecule has 1 aliphatic rings. The number of methoxy groups -OCH3 is 2. The van der Waals surface area contributed by atoms with Crippen LogP contribution in [0.15, 0.2) is 47.5 Å². The highest BCUT2D eigenvalue weighted by molar-refractivity contribution is 5.80. The number of benzene rings is 2. The Morgan fingerprint density at radius 1 is 1.10 bits per heavy atom. The third-order valence-electron chi connectivity index (χ3n) is 5.28. The van der Waals surface area contributed by atoms with Gasteiger partial charge >= 0.3 is 0 Å². The second-order valence-corrected chi connectivity index (χ2v) is 7.38. The molecule has 2 aromatic rings. The van der Waals surface area contributed by atoms with Crippen LogP contribution in [0.5, 0.6) is 11.5 Å². The number of anilines is 1. The molecule has 1 atom stereocenters. The number of aliphatic imine (C=N–C) groups is 1. The Hall–Kier alpha value is -2.89. The summed E-state index contributed by atoms with van der Waals surface area (Å²) in [5, 5.41) is 6.98. The van der Waals surface area contributed by atoms with Crippen LogP contribution in [0.3, 0.4) is 0 Å². The molecule has 1 aliphatic heterocycles. The Balaban J connectivity index is 1.51. The van der Waals surface area contributed by atoms with Gasteiger partial charge in [-0.2, -0.15) is 0 Å². The van der Waals surface area contributed by atoms with Crippen molar-refractivity contribution < 1.29 is 9.47 Å². The van der Waals surface area contributed by atoms with E-state index in [0.717, 1.165) is 55.6 Å². The standard InChI is InChI=1S/C23H32N4O2/c1-17-5-7-18(8-6-17)9-11-25-23(24-2)26-19-10-12-27(16-19)20-13-21(28-3)15-22(14-20)29-4/h5-8,13-15,19H,9-12,16H2,1-4H3,(H2,24,25,26). The summed E-state index contributed by atoms with van der Waals surface area (Å²) in [6.45, 7) is 4.86. The molecule has 1 fully saturated rings. The number of nitrogens with zero attached hydrogens (tertiary/aromatic N) is 2. The van der Waals surface area contributed by atoms with E-state index in [-0.39, 0.29) is 0 Å². The average molecular weight is 397 g/mol. The first-order chi connectivity index (χ1) is 14.1. The lowest BCUT2D eigenvalue weighted by Crippen LogP contribution is -2.45. The van der Waals surface area contributed by atoms with E-state index in [1.165, 1.54) is 11.1 Å². The molecule has 6 nitrogen and oxygen atoms in total. The highest BCUT2D eigenvalue weighted by atomic mass is 16.5. The van der Waals surface area contributed by atoms with Crippen molar-refractivity contribution >= 4 is 11.6 Å². The zero-order chi connectivity index (χ0) is 20.6. The van der Waals surface area contributed by atoms with Crippen molar-refractivity contribution in [2.24, 2.45) is 4.99 Å². The first kappa shape index (κ1) is 20.8. The van der Waals surface area contributed by atoms with Crippen LogP contribution in [-0.2, 0) is 6.42 Å². The van der Waals surface area contributed by atoms with Crippen molar-refractivity contribution in [2.75, 3.05) is 45.8 Å². The summed E-state index contributed by atoms with van der Waals surface area (Å²) in [7, 11) is 5.18. The van der Waals surface area contributed by atoms with Crippen molar-refractivity contribution in [2.45, 2.75) is 25.8 Å². The quantitative estimate of drug-likeness (QED) is 0.557. The van der Waals surface area contributed by atoms with Crippen LogP contribution in [-0.4, -0.2) is 52.9 Å². The molecule has 0 radical (unpaired) electrons. The van der Waals surface area contributed by atoms with Crippen molar-refractivity contribution in [1.82, 2.24) is 10.6 Å². The van der Waals surface area contributed by atoms with Gasteiger partial charge in [-0.1, -0.05) is 29.8 Å². The van der Waals surface area contributed by atoms with Crippen LogP contribution in [0.1, 0.15) is 17.5 Å². The summed E-state index contributed by atoms with van der Waals surface area (Å²) >= 11 is 0. The number of aryl methyl sites for hydroxylation is 1. The minimum Gasteiger partial charge on any atom is -0.497 e. The van der Waals surface area contributed by atoms with Crippen LogP contribution in [0.25, 0.3) is 0 Å². The van der Waals surface area contributed by atoms with Gasteiger partial charge in [0.2, 0.25) is 0 Å². The van der Waals surface area contributed by atoms with Crippen LogP contribution in [0.2, 0.25) is 0 Å². The molecule has 3 rings (SSSR count). The predicted molar refractivity (Wildman–Crippen MR) is 120 cm³/mol. The zero-order valence-electron chi connectivity index (χ0n) is 17.9. The van der Waals surface area contributed by atoms with Gasteiger partial charge in [0, 0.05) is 56.6 Å². The van der Waals surface area contributed by atoms with E-state index in [1.807, 2.05) is 13.1 Å². The molecule has 0 spiro atoms. The molecule has 1 heterocycles. The van der Waals surface area contributed by atoms with E-state index in [2.05, 4.69) is 63.8 Å². The highest BCUT2D eigenvalue weighted by Crippen LogP contribution is 2.30. The Kier molecular flexibility index (Phi) is 7.22. The van der Waals surface area contributed by atoms with Gasteiger partial charge in [0.25, 0.3) is 0 Å². The number of ether oxygens (including phenoxy) is 2. The van der Waals surface area contributed by atoms with Crippen LogP contribution >= 0.6 is 0 Å². The molecule has 0 aromatic heterocycles. The number of nitrogens with one attached hydrogen (secondary N) is 2. The van der Waals surface area contributed by atoms with Crippen LogP contribution < -0.4 is 25.0 Å². The molecule has 0 bridgehead atoms. The van der Waals surface area contributed by atoms with Gasteiger partial charge < -0.3 is 25.0 Å². The topological polar surface area (TPSA) is 58.1 Å². The van der Waals surface area contributed by atoms with Gasteiger partial charge in [0.15, 0.2) is 5.96 Å². The molecule has 156 valence electrons. The molecule has 1 saturated heterocycles. The molecular weight excluding hydrogens is 364 g/mol. The minimum absolute atomic E-state index is 0.345. The van der Waals surface area contributed by atoms with Gasteiger partial charge in [-0.05, 0) is 25.3 Å². The van der Waals surface area contributed by atoms with E-state index in [9.17, 15) is 0 Å². The molecule has 0 amide bonds. The molecule has 0 saturated carbocycles. The van der Waals surface area contributed by atoms with Crippen LogP contribution in [0.4, 0.5) is 5.69 Å². The molecule has 2 N–H and O–H groups in total. The second-order valence-electron chi connectivity index (χ2n) is 7.38. The SMILES string of the molecule is CN=C(NCCc1ccc(C)cc1)NC1CCN(c2cc(OC)cc(OC)c2)C1. The molecule has 29 heavy (non-hydrogen) atoms. The van der Waals surface area contributed by atoms with E-state index < -0.39 is 0 Å². The fourth-order valence-electron chi connectivity index (χ4n) is 3.56. The Morgan fingerprint density at radius 3 is 2.41 bits per heavy atom. The van der Waals surface area contributed by atoms with E-state index in [4.69, 9.17) is 9.47 Å². The summed E-state index contributed by atoms with van der Waals surface area (Å²) < 4.78 is 10.8. The fourth-order valence-corrected chi connectivity index (χ4v) is 3.56. The molecule has 0 aliphatic carbocycles. The van der Waals surface area contributed by atoms with Gasteiger partial charge in [0.1, 0.15) is 11.5 Å². The second kappa shape index (κ2) is 10.0. The maximum atomic E-state index is 5.40. The lowest BCUT2D eigenvalue weighted by atomic mass is 10.1. The molecular formula is C23H32N4O2. The maximum absolute atomic E-state index is 5.40. The molecule has 2 aromatic carbocycles. The highest BCUT2D eigenvalue weighted by Gasteiger charge is 2.24. The lowest BCUT2D eigenvalue weighted by molar-refractivity contribution is 0.394. The lowest BCUT2D eigenvalue weighted by Gasteiger charge is -2.21. The summed E-state index contributed by atoms with van der Waals surface area (Å²) in [5.41, 5.74) is 3.74. The first-order valence-corrected chi connectivity index (χ1v) is 10.1. The Morgan fingerprint density at radius 2 is 1.79 bits per heavy atom. The number of rotatable bonds is 7. The minimum atomic E-state index is 0.345. The predicted octanol–water partition coefficient (Wildman–Crippen LogP) is 3.00. The Labute approximate surface area is 173 Å². The average Bonchev–Trinajstić information content (AvgIpc) is 3.22. The van der Waals surface area contributed by atoms with Crippen molar-refractivity contribution in [1.29, 1.82) is 0 Å². The Bertz CT molecular complexity index is 798. The maximum Gasteiger partial charge on any atom is 0.191 e. The van der Waals surface area contributed by atoms with Gasteiger partial charge in [-0.25, -0.2) is 0 Å². The van der Waals surface area contributed by atoms with E-state index in [1.54, 1.807) is 14.2 Å². The first-order valence-electron chi connectivity index (χ1n) is 10.1. The molecule has 1 unspecified atom stereocenters. The van der Waals surface area contributed by atoms with Gasteiger partial charge in [0.05, 0.1) is 14.2 Å². The summed E-state index contributed by atoms with van der Waals surface area (Å²) in [4.78, 5) is 6.73. The largest absolute Gasteiger partial charge is 0.497 e. The third-order valence-corrected chi connectivity index (χ3v) is 5.28. The molecule has 6 heteroatoms. The van der Waals surface area contributed by atoms with Crippen molar-refractivity contribution in [3.8, 4) is 11.5 Å². The van der Waals surface area contributed by atoms with Gasteiger partial charge in [-0.3, -0.25) is 4.99 Å². The smallest absolute Gasteiger partial charge is 0.191 e. The summed E-state index contributed by atoms with van der Waals surface area (Å²) in [5.74, 6) is 2.47. The summed E-state index contributed by atoms with van der Waals surface area (Å²) in [6, 6.07) is 15.0.